The minimum Gasteiger partial charge on any atom is -0.391 e. The van der Waals surface area contributed by atoms with Gasteiger partial charge in [0.2, 0.25) is 0 Å². The summed E-state index contributed by atoms with van der Waals surface area (Å²) < 4.78 is 0. The second-order valence-electron chi connectivity index (χ2n) is 5.50. The molecular formula is C14H23NO. The number of nitrogens with one attached hydrogen (secondary N) is 1. The maximum atomic E-state index is 9.86. The first-order chi connectivity index (χ1) is 7.39. The van der Waals surface area contributed by atoms with Crippen molar-refractivity contribution in [3.8, 4) is 0 Å². The third-order valence-corrected chi connectivity index (χ3v) is 2.75. The number of hydrogen-bond acceptors (Lipinski definition) is 2. The van der Waals surface area contributed by atoms with Crippen LogP contribution in [0.25, 0.3) is 0 Å². The van der Waals surface area contributed by atoms with Crippen LogP contribution in [0.3, 0.4) is 0 Å². The lowest BCUT2D eigenvalue weighted by atomic mass is 9.89. The number of rotatable bonds is 4. The van der Waals surface area contributed by atoms with Gasteiger partial charge in [-0.3, -0.25) is 0 Å². The van der Waals surface area contributed by atoms with Crippen LogP contribution in [0.4, 0.5) is 0 Å². The molecule has 1 rings (SSSR count). The average molecular weight is 221 g/mol. The van der Waals surface area contributed by atoms with Crippen LogP contribution in [0.1, 0.15) is 31.9 Å². The predicted octanol–water partition coefficient (Wildman–Crippen LogP) is 2.49. The van der Waals surface area contributed by atoms with Gasteiger partial charge in [0.25, 0.3) is 0 Å². The van der Waals surface area contributed by atoms with E-state index in [-0.39, 0.29) is 11.5 Å². The van der Waals surface area contributed by atoms with Crippen molar-refractivity contribution in [1.82, 2.24) is 5.32 Å². The number of benzene rings is 1. The summed E-state index contributed by atoms with van der Waals surface area (Å²) in [5.74, 6) is 0. The Hall–Kier alpha value is -0.860. The molecule has 2 heteroatoms. The topological polar surface area (TPSA) is 32.3 Å². The predicted molar refractivity (Wildman–Crippen MR) is 68.3 cm³/mol. The van der Waals surface area contributed by atoms with E-state index in [1.54, 1.807) is 0 Å². The van der Waals surface area contributed by atoms with Crippen molar-refractivity contribution in [3.63, 3.8) is 0 Å². The SMILES string of the molecule is Cc1cccc(CNCC(O)C(C)(C)C)c1. The molecule has 0 amide bonds. The van der Waals surface area contributed by atoms with Crippen molar-refractivity contribution in [2.24, 2.45) is 5.41 Å². The van der Waals surface area contributed by atoms with Gasteiger partial charge in [-0.2, -0.15) is 0 Å². The molecule has 0 aliphatic heterocycles. The van der Waals surface area contributed by atoms with Gasteiger partial charge in [0.05, 0.1) is 6.10 Å². The van der Waals surface area contributed by atoms with Gasteiger partial charge >= 0.3 is 0 Å². The van der Waals surface area contributed by atoms with E-state index in [0.29, 0.717) is 6.54 Å². The second kappa shape index (κ2) is 5.46. The molecule has 1 atom stereocenters. The van der Waals surface area contributed by atoms with Gasteiger partial charge in [0, 0.05) is 13.1 Å². The van der Waals surface area contributed by atoms with Crippen LogP contribution in [-0.4, -0.2) is 17.8 Å². The molecule has 0 fully saturated rings. The summed E-state index contributed by atoms with van der Waals surface area (Å²) >= 11 is 0. The lowest BCUT2D eigenvalue weighted by molar-refractivity contribution is 0.0628. The Balaban J connectivity index is 2.36. The molecule has 90 valence electrons. The Kier molecular flexibility index (Phi) is 4.51. The zero-order chi connectivity index (χ0) is 12.2. The van der Waals surface area contributed by atoms with Crippen LogP contribution in [0.5, 0.6) is 0 Å². The largest absolute Gasteiger partial charge is 0.391 e. The van der Waals surface area contributed by atoms with Crippen LogP contribution in [-0.2, 0) is 6.54 Å². The number of hydrogen-bond donors (Lipinski definition) is 2. The minimum absolute atomic E-state index is 0.0559. The molecule has 0 spiro atoms. The highest BCUT2D eigenvalue weighted by atomic mass is 16.3. The van der Waals surface area contributed by atoms with Crippen LogP contribution in [0, 0.1) is 12.3 Å². The van der Waals surface area contributed by atoms with Gasteiger partial charge in [-0.1, -0.05) is 50.6 Å². The van der Waals surface area contributed by atoms with Gasteiger partial charge < -0.3 is 10.4 Å². The smallest absolute Gasteiger partial charge is 0.0712 e. The summed E-state index contributed by atoms with van der Waals surface area (Å²) in [5, 5.41) is 13.1. The molecule has 2 N–H and O–H groups in total. The standard InChI is InChI=1S/C14H23NO/c1-11-6-5-7-12(8-11)9-15-10-13(16)14(2,3)4/h5-8,13,15-16H,9-10H2,1-4H3. The monoisotopic (exact) mass is 221 g/mol. The first kappa shape index (κ1) is 13.2. The molecule has 0 aromatic heterocycles. The van der Waals surface area contributed by atoms with Gasteiger partial charge in [-0.05, 0) is 17.9 Å². The van der Waals surface area contributed by atoms with E-state index in [9.17, 15) is 5.11 Å². The molecule has 0 bridgehead atoms. The molecule has 1 aromatic rings. The second-order valence-corrected chi connectivity index (χ2v) is 5.50. The van der Waals surface area contributed by atoms with E-state index in [1.165, 1.54) is 11.1 Å². The Morgan fingerprint density at radius 1 is 1.31 bits per heavy atom. The van der Waals surface area contributed by atoms with E-state index in [4.69, 9.17) is 0 Å². The van der Waals surface area contributed by atoms with Crippen molar-refractivity contribution in [1.29, 1.82) is 0 Å². The Morgan fingerprint density at radius 3 is 2.56 bits per heavy atom. The molecule has 0 aliphatic carbocycles. The summed E-state index contributed by atoms with van der Waals surface area (Å²) in [4.78, 5) is 0. The maximum absolute atomic E-state index is 9.86. The molecule has 0 heterocycles. The highest BCUT2D eigenvalue weighted by Gasteiger charge is 2.21. The van der Waals surface area contributed by atoms with Gasteiger partial charge in [0.1, 0.15) is 0 Å². The quantitative estimate of drug-likeness (QED) is 0.818. The van der Waals surface area contributed by atoms with E-state index < -0.39 is 0 Å². The molecule has 0 saturated carbocycles. The zero-order valence-electron chi connectivity index (χ0n) is 10.7. The van der Waals surface area contributed by atoms with Crippen LogP contribution >= 0.6 is 0 Å². The fourth-order valence-corrected chi connectivity index (χ4v) is 1.48. The Morgan fingerprint density at radius 2 is 2.00 bits per heavy atom. The van der Waals surface area contributed by atoms with E-state index in [2.05, 4.69) is 36.5 Å². The molecule has 1 aromatic carbocycles. The van der Waals surface area contributed by atoms with Crippen molar-refractivity contribution in [3.05, 3.63) is 35.4 Å². The third-order valence-electron chi connectivity index (χ3n) is 2.75. The first-order valence-electron chi connectivity index (χ1n) is 5.84. The molecule has 2 nitrogen and oxygen atoms in total. The first-order valence-corrected chi connectivity index (χ1v) is 5.84. The molecule has 1 unspecified atom stereocenters. The van der Waals surface area contributed by atoms with Gasteiger partial charge in [-0.15, -0.1) is 0 Å². The molecule has 16 heavy (non-hydrogen) atoms. The van der Waals surface area contributed by atoms with E-state index >= 15 is 0 Å². The number of aliphatic hydroxyl groups is 1. The van der Waals surface area contributed by atoms with Crippen molar-refractivity contribution in [2.75, 3.05) is 6.54 Å². The van der Waals surface area contributed by atoms with Crippen molar-refractivity contribution in [2.45, 2.75) is 40.3 Å². The van der Waals surface area contributed by atoms with E-state index in [1.807, 2.05) is 20.8 Å². The maximum Gasteiger partial charge on any atom is 0.0712 e. The van der Waals surface area contributed by atoms with Crippen molar-refractivity contribution >= 4 is 0 Å². The summed E-state index contributed by atoms with van der Waals surface area (Å²) in [6.45, 7) is 9.68. The molecule has 0 radical (unpaired) electrons. The van der Waals surface area contributed by atoms with E-state index in [0.717, 1.165) is 6.54 Å². The molecule has 0 saturated heterocycles. The summed E-state index contributed by atoms with van der Waals surface area (Å²) in [6.07, 6.45) is -0.308. The third kappa shape index (κ3) is 4.33. The van der Waals surface area contributed by atoms with Crippen LogP contribution in [0.2, 0.25) is 0 Å². The average Bonchev–Trinajstić information content (AvgIpc) is 2.16. The molecule has 0 aliphatic rings. The fourth-order valence-electron chi connectivity index (χ4n) is 1.48. The highest BCUT2D eigenvalue weighted by Crippen LogP contribution is 2.18. The fraction of sp³-hybridized carbons (Fsp3) is 0.571. The Bertz CT molecular complexity index is 328. The lowest BCUT2D eigenvalue weighted by Crippen LogP contribution is -2.36. The highest BCUT2D eigenvalue weighted by molar-refractivity contribution is 5.21. The van der Waals surface area contributed by atoms with Crippen LogP contribution < -0.4 is 5.32 Å². The molecular weight excluding hydrogens is 198 g/mol. The number of aryl methyl sites for hydroxylation is 1. The summed E-state index contributed by atoms with van der Waals surface area (Å²) in [6, 6.07) is 8.42. The normalized spacial score (nSPS) is 13.8. The van der Waals surface area contributed by atoms with Gasteiger partial charge in [0.15, 0.2) is 0 Å². The summed E-state index contributed by atoms with van der Waals surface area (Å²) in [7, 11) is 0. The lowest BCUT2D eigenvalue weighted by Gasteiger charge is -2.26. The zero-order valence-corrected chi connectivity index (χ0v) is 10.7. The van der Waals surface area contributed by atoms with Gasteiger partial charge in [-0.25, -0.2) is 0 Å². The Labute approximate surface area is 98.7 Å². The van der Waals surface area contributed by atoms with Crippen molar-refractivity contribution < 1.29 is 5.11 Å². The number of aliphatic hydroxyl groups excluding tert-OH is 1. The minimum atomic E-state index is -0.308. The summed E-state index contributed by atoms with van der Waals surface area (Å²) in [5.41, 5.74) is 2.48. The van der Waals surface area contributed by atoms with Crippen LogP contribution in [0.15, 0.2) is 24.3 Å².